The van der Waals surface area contributed by atoms with Gasteiger partial charge in [0.1, 0.15) is 23.1 Å². The third-order valence-corrected chi connectivity index (χ3v) is 9.42. The largest absolute Gasteiger partial charge is 0.457 e. The van der Waals surface area contributed by atoms with Crippen molar-refractivity contribution in [3.05, 3.63) is 118 Å². The van der Waals surface area contributed by atoms with Crippen LogP contribution in [0.5, 0.6) is 11.5 Å². The Morgan fingerprint density at radius 3 is 2.31 bits per heavy atom. The molecule has 1 aliphatic rings. The van der Waals surface area contributed by atoms with E-state index in [2.05, 4.69) is 4.72 Å². The number of primary amides is 1. The van der Waals surface area contributed by atoms with E-state index in [1.807, 2.05) is 23.1 Å². The van der Waals surface area contributed by atoms with E-state index in [0.29, 0.717) is 71.5 Å². The Morgan fingerprint density at radius 1 is 0.959 bits per heavy atom. The predicted octanol–water partition coefficient (Wildman–Crippen LogP) is 6.56. The number of ether oxygens (including phenoxy) is 1. The highest BCUT2D eigenvalue weighted by molar-refractivity contribution is 7.92. The highest BCUT2D eigenvalue weighted by Crippen LogP contribution is 2.32. The number of piperidine rings is 1. The minimum absolute atomic E-state index is 0.0843. The summed E-state index contributed by atoms with van der Waals surface area (Å²) in [7, 11) is -3.55. The van der Waals surface area contributed by atoms with Gasteiger partial charge < -0.3 is 20.3 Å². The second kappa shape index (κ2) is 15.3. The van der Waals surface area contributed by atoms with E-state index in [1.54, 1.807) is 54.3 Å². The molecule has 9 nitrogen and oxygen atoms in total. The molecular weight excluding hydrogens is 674 g/mol. The molecule has 0 aromatic heterocycles. The molecule has 0 spiro atoms. The summed E-state index contributed by atoms with van der Waals surface area (Å²) in [6.07, 6.45) is 2.24. The van der Waals surface area contributed by atoms with Crippen LogP contribution in [0.1, 0.15) is 35.1 Å². The number of sulfonamides is 1. The summed E-state index contributed by atoms with van der Waals surface area (Å²) in [6.45, 7) is 3.09. The number of halogens is 3. The molecular formula is C36H37ClF2N4O5S. The van der Waals surface area contributed by atoms with Gasteiger partial charge in [0.05, 0.1) is 18.4 Å². The van der Waals surface area contributed by atoms with Gasteiger partial charge in [-0.1, -0.05) is 35.9 Å². The molecule has 0 saturated carbocycles. The maximum atomic E-state index is 14.8. The van der Waals surface area contributed by atoms with Crippen molar-refractivity contribution in [2.75, 3.05) is 29.0 Å². The molecule has 4 aromatic rings. The van der Waals surface area contributed by atoms with E-state index < -0.39 is 21.7 Å². The smallest absolute Gasteiger partial charge is 0.229 e. The molecule has 2 amide bonds. The van der Waals surface area contributed by atoms with E-state index >= 15 is 0 Å². The van der Waals surface area contributed by atoms with Crippen LogP contribution in [0, 0.1) is 24.5 Å². The van der Waals surface area contributed by atoms with Gasteiger partial charge in [-0.2, -0.15) is 0 Å². The van der Waals surface area contributed by atoms with Crippen molar-refractivity contribution in [3.63, 3.8) is 0 Å². The van der Waals surface area contributed by atoms with Gasteiger partial charge in [0.15, 0.2) is 0 Å². The molecule has 0 aliphatic carbocycles. The zero-order chi connectivity index (χ0) is 35.3. The Hall–Kier alpha value is -4.68. The normalized spacial score (nSPS) is 13.6. The molecule has 49 heavy (non-hydrogen) atoms. The number of anilines is 2. The summed E-state index contributed by atoms with van der Waals surface area (Å²) in [5, 5.41) is 0.437. The lowest BCUT2D eigenvalue weighted by atomic mass is 9.96. The Labute approximate surface area is 289 Å². The van der Waals surface area contributed by atoms with Crippen molar-refractivity contribution < 1.29 is 31.5 Å². The van der Waals surface area contributed by atoms with Crippen LogP contribution in [0.4, 0.5) is 20.2 Å². The number of hydrogen-bond donors (Lipinski definition) is 2. The number of rotatable bonds is 12. The first-order valence-corrected chi connectivity index (χ1v) is 17.9. The van der Waals surface area contributed by atoms with Gasteiger partial charge in [-0.3, -0.25) is 14.3 Å². The molecule has 258 valence electrons. The highest BCUT2D eigenvalue weighted by atomic mass is 35.5. The minimum Gasteiger partial charge on any atom is -0.457 e. The average molecular weight is 711 g/mol. The zero-order valence-corrected chi connectivity index (χ0v) is 28.7. The molecule has 0 unspecified atom stereocenters. The van der Waals surface area contributed by atoms with Gasteiger partial charge in [-0.15, -0.1) is 0 Å². The molecule has 13 heteroatoms. The Bertz CT molecular complexity index is 1950. The summed E-state index contributed by atoms with van der Waals surface area (Å²) >= 11 is 6.43. The van der Waals surface area contributed by atoms with E-state index in [4.69, 9.17) is 22.1 Å². The summed E-state index contributed by atoms with van der Waals surface area (Å²) in [5.41, 5.74) is 8.85. The molecule has 3 N–H and O–H groups in total. The molecule has 0 radical (unpaired) electrons. The Balaban J connectivity index is 1.31. The molecule has 0 atom stereocenters. The van der Waals surface area contributed by atoms with Crippen LogP contribution in [-0.4, -0.2) is 44.5 Å². The predicted molar refractivity (Wildman–Crippen MR) is 186 cm³/mol. The van der Waals surface area contributed by atoms with Crippen LogP contribution in [0.3, 0.4) is 0 Å². The van der Waals surface area contributed by atoms with E-state index in [-0.39, 0.29) is 36.3 Å². The number of benzene rings is 4. The standard InChI is InChI=1S/C36H37ClF2N4O5S/c1-23-33(41-49(2,46)47)4-3-5-34(23)43(22-26-8-9-28(38)20-32(26)39)21-24-6-10-29(11-7-24)48-30-12-13-31(37)27(18-30)19-35(44)42-16-14-25(15-17-42)36(40)45/h3-13,18,20,25,41H,14-17,19,21-22H2,1-2H3,(H2,40,45). The molecule has 5 rings (SSSR count). The summed E-state index contributed by atoms with van der Waals surface area (Å²) in [6, 6.07) is 21.0. The maximum Gasteiger partial charge on any atom is 0.229 e. The number of nitrogens with two attached hydrogens (primary N) is 1. The third-order valence-electron chi connectivity index (χ3n) is 8.46. The first kappa shape index (κ1) is 35.6. The second-order valence-corrected chi connectivity index (χ2v) is 14.3. The lowest BCUT2D eigenvalue weighted by molar-refractivity contribution is -0.134. The van der Waals surface area contributed by atoms with Crippen molar-refractivity contribution in [3.8, 4) is 11.5 Å². The number of nitrogens with zero attached hydrogens (tertiary/aromatic N) is 2. The number of hydrogen-bond acceptors (Lipinski definition) is 6. The summed E-state index contributed by atoms with van der Waals surface area (Å²) < 4.78 is 61.0. The lowest BCUT2D eigenvalue weighted by Gasteiger charge is -2.30. The van der Waals surface area contributed by atoms with Crippen molar-refractivity contribution in [1.82, 2.24) is 4.90 Å². The topological polar surface area (TPSA) is 122 Å². The fourth-order valence-corrected chi connectivity index (χ4v) is 6.62. The van der Waals surface area contributed by atoms with Crippen molar-refractivity contribution in [2.24, 2.45) is 11.7 Å². The third kappa shape index (κ3) is 9.48. The molecule has 4 aromatic carbocycles. The summed E-state index contributed by atoms with van der Waals surface area (Å²) in [5.74, 6) is -0.987. The van der Waals surface area contributed by atoms with E-state index in [1.165, 1.54) is 12.1 Å². The minimum atomic E-state index is -3.55. The van der Waals surface area contributed by atoms with Crippen LogP contribution >= 0.6 is 11.6 Å². The zero-order valence-electron chi connectivity index (χ0n) is 27.1. The fraction of sp³-hybridized carbons (Fsp3) is 0.278. The van der Waals surface area contributed by atoms with Gasteiger partial charge in [-0.05, 0) is 85.0 Å². The average Bonchev–Trinajstić information content (AvgIpc) is 3.05. The molecule has 1 heterocycles. The Morgan fingerprint density at radius 2 is 1.65 bits per heavy atom. The van der Waals surface area contributed by atoms with Gasteiger partial charge in [0.25, 0.3) is 0 Å². The fourth-order valence-electron chi connectivity index (χ4n) is 5.82. The Kier molecular flexibility index (Phi) is 11.1. The van der Waals surface area contributed by atoms with Crippen LogP contribution in [-0.2, 0) is 39.1 Å². The first-order chi connectivity index (χ1) is 23.3. The monoisotopic (exact) mass is 710 g/mol. The number of carbonyl (C=O) groups excluding carboxylic acids is 2. The van der Waals surface area contributed by atoms with Gasteiger partial charge in [-0.25, -0.2) is 17.2 Å². The van der Waals surface area contributed by atoms with Gasteiger partial charge in [0.2, 0.25) is 21.8 Å². The van der Waals surface area contributed by atoms with E-state index in [0.717, 1.165) is 17.9 Å². The van der Waals surface area contributed by atoms with Gasteiger partial charge >= 0.3 is 0 Å². The van der Waals surface area contributed by atoms with Crippen LogP contribution in [0.2, 0.25) is 5.02 Å². The molecule has 1 aliphatic heterocycles. The van der Waals surface area contributed by atoms with E-state index in [9.17, 15) is 26.8 Å². The van der Waals surface area contributed by atoms with Gasteiger partial charge in [0, 0.05) is 54.4 Å². The second-order valence-electron chi connectivity index (χ2n) is 12.1. The number of carbonyl (C=O) groups is 2. The van der Waals surface area contributed by atoms with Crippen molar-refractivity contribution in [2.45, 2.75) is 39.3 Å². The quantitative estimate of drug-likeness (QED) is 0.172. The van der Waals surface area contributed by atoms with Crippen LogP contribution in [0.25, 0.3) is 0 Å². The number of amides is 2. The van der Waals surface area contributed by atoms with Crippen LogP contribution < -0.4 is 20.1 Å². The van der Waals surface area contributed by atoms with Crippen molar-refractivity contribution >= 4 is 44.8 Å². The summed E-state index contributed by atoms with van der Waals surface area (Å²) in [4.78, 5) is 28.1. The number of likely N-dealkylation sites (tertiary alicyclic amines) is 1. The van der Waals surface area contributed by atoms with Crippen LogP contribution in [0.15, 0.2) is 78.9 Å². The maximum absolute atomic E-state index is 14.8. The molecule has 1 fully saturated rings. The first-order valence-electron chi connectivity index (χ1n) is 15.6. The van der Waals surface area contributed by atoms with Crippen molar-refractivity contribution in [1.29, 1.82) is 0 Å². The SMILES string of the molecule is Cc1c(NS(C)(=O)=O)cccc1N(Cc1ccc(Oc2ccc(Cl)c(CC(=O)N3CCC(C(N)=O)CC3)c2)cc1)Cc1ccc(F)cc1F. The molecule has 1 saturated heterocycles. The molecule has 0 bridgehead atoms. The number of nitrogens with one attached hydrogen (secondary N) is 1. The highest BCUT2D eigenvalue weighted by Gasteiger charge is 2.26. The lowest BCUT2D eigenvalue weighted by Crippen LogP contribution is -2.42.